The van der Waals surface area contributed by atoms with Gasteiger partial charge in [0.15, 0.2) is 0 Å². The summed E-state index contributed by atoms with van der Waals surface area (Å²) in [5, 5.41) is 0. The standard InChI is InChI=1S/C44H63NO4/c1-32(21-23-38-36(5)19-13-27-43(38,7)8)15-11-17-34(3)25-29-48-41(46)31-40(45)42(47)49-30-26-35(4)18-12-16-33(2)22-24-39-37(6)20-14-28-44(39,9)10/h11-12,15-18,21-26,40H,13-14,19-20,27-31,45H2,1-10H3/b17-11+,18-12+,23-21+,24-22+,32-15+,33-16+,34-25+,35-26+/t40-/m0/s1. The van der Waals surface area contributed by atoms with E-state index in [0.717, 1.165) is 22.3 Å². The first-order valence-corrected chi connectivity index (χ1v) is 17.9. The molecule has 0 fully saturated rings. The molecule has 2 rings (SSSR count). The van der Waals surface area contributed by atoms with Crippen LogP contribution in [0.1, 0.15) is 114 Å². The van der Waals surface area contributed by atoms with Crippen molar-refractivity contribution < 1.29 is 19.1 Å². The van der Waals surface area contributed by atoms with Crippen molar-refractivity contribution in [1.29, 1.82) is 0 Å². The highest BCUT2D eigenvalue weighted by molar-refractivity contribution is 5.82. The second-order valence-electron chi connectivity index (χ2n) is 15.1. The number of esters is 2. The summed E-state index contributed by atoms with van der Waals surface area (Å²) in [6, 6.07) is -1.08. The molecule has 0 aromatic heterocycles. The molecule has 5 nitrogen and oxygen atoms in total. The molecule has 268 valence electrons. The van der Waals surface area contributed by atoms with Gasteiger partial charge in [0, 0.05) is 0 Å². The lowest BCUT2D eigenvalue weighted by Crippen LogP contribution is -2.35. The zero-order chi connectivity index (χ0) is 36.6. The summed E-state index contributed by atoms with van der Waals surface area (Å²) in [7, 11) is 0. The van der Waals surface area contributed by atoms with Gasteiger partial charge in [0.05, 0.1) is 6.42 Å². The second-order valence-corrected chi connectivity index (χ2v) is 15.1. The highest BCUT2D eigenvalue weighted by Gasteiger charge is 2.27. The molecule has 0 saturated heterocycles. The van der Waals surface area contributed by atoms with Gasteiger partial charge < -0.3 is 15.2 Å². The van der Waals surface area contributed by atoms with Crippen LogP contribution in [0.15, 0.2) is 117 Å². The first kappa shape index (κ1) is 41.5. The highest BCUT2D eigenvalue weighted by Crippen LogP contribution is 2.41. The third-order valence-electron chi connectivity index (χ3n) is 9.52. The molecule has 0 amide bonds. The van der Waals surface area contributed by atoms with Crippen molar-refractivity contribution in [2.24, 2.45) is 16.6 Å². The lowest BCUT2D eigenvalue weighted by molar-refractivity contribution is -0.150. The number of ether oxygens (including phenoxy) is 2. The molecular formula is C44H63NO4. The van der Waals surface area contributed by atoms with Gasteiger partial charge in [0.1, 0.15) is 19.3 Å². The van der Waals surface area contributed by atoms with E-state index < -0.39 is 18.0 Å². The van der Waals surface area contributed by atoms with E-state index in [9.17, 15) is 9.59 Å². The Kier molecular flexibility index (Phi) is 17.0. The zero-order valence-corrected chi connectivity index (χ0v) is 32.1. The van der Waals surface area contributed by atoms with Crippen molar-refractivity contribution in [2.75, 3.05) is 13.2 Å². The summed E-state index contributed by atoms with van der Waals surface area (Å²) in [5.41, 5.74) is 16.5. The minimum absolute atomic E-state index is 0.0797. The predicted molar refractivity (Wildman–Crippen MR) is 207 cm³/mol. The number of rotatable bonds is 15. The Balaban J connectivity index is 1.73. The van der Waals surface area contributed by atoms with Gasteiger partial charge >= 0.3 is 11.9 Å². The molecule has 49 heavy (non-hydrogen) atoms. The lowest BCUT2D eigenvalue weighted by Gasteiger charge is -2.33. The topological polar surface area (TPSA) is 78.6 Å². The maximum atomic E-state index is 12.3. The van der Waals surface area contributed by atoms with E-state index in [0.29, 0.717) is 0 Å². The van der Waals surface area contributed by atoms with Crippen molar-refractivity contribution in [3.63, 3.8) is 0 Å². The van der Waals surface area contributed by atoms with Crippen LogP contribution in [0.25, 0.3) is 0 Å². The molecule has 0 heterocycles. The SMILES string of the molecule is CC1=C(/C=C/C(C)=C/C=C/C(C)=C/COC(=O)C[C@H](N)C(=O)OC/C=C(C)/C=C/C=C(C)/C=C/C2=C(C)CCCC2(C)C)C(C)(C)CCC1. The maximum absolute atomic E-state index is 12.3. The Hall–Kier alpha value is -3.70. The number of nitrogens with two attached hydrogens (primary N) is 1. The van der Waals surface area contributed by atoms with Gasteiger partial charge in [0.2, 0.25) is 0 Å². The first-order chi connectivity index (χ1) is 23.0. The normalized spacial score (nSPS) is 20.3. The molecular weight excluding hydrogens is 606 g/mol. The zero-order valence-electron chi connectivity index (χ0n) is 32.1. The van der Waals surface area contributed by atoms with Gasteiger partial charge in [-0.2, -0.15) is 0 Å². The number of carbonyl (C=O) groups is 2. The van der Waals surface area contributed by atoms with Gasteiger partial charge in [0.25, 0.3) is 0 Å². The van der Waals surface area contributed by atoms with Crippen LogP contribution in [0.4, 0.5) is 0 Å². The van der Waals surface area contributed by atoms with Crippen molar-refractivity contribution in [2.45, 2.75) is 120 Å². The van der Waals surface area contributed by atoms with Crippen molar-refractivity contribution >= 4 is 11.9 Å². The average molecular weight is 670 g/mol. The summed E-state index contributed by atoms with van der Waals surface area (Å²) in [5.74, 6) is -1.18. The summed E-state index contributed by atoms with van der Waals surface area (Å²) in [6.45, 7) is 22.0. The smallest absolute Gasteiger partial charge is 0.323 e. The van der Waals surface area contributed by atoms with Crippen molar-refractivity contribution in [1.82, 2.24) is 0 Å². The largest absolute Gasteiger partial charge is 0.461 e. The van der Waals surface area contributed by atoms with E-state index in [4.69, 9.17) is 15.2 Å². The molecule has 0 radical (unpaired) electrons. The van der Waals surface area contributed by atoms with Crippen molar-refractivity contribution in [3.05, 3.63) is 117 Å². The van der Waals surface area contributed by atoms with Crippen LogP contribution in [-0.4, -0.2) is 31.2 Å². The quantitative estimate of drug-likeness (QED) is 0.139. The summed E-state index contributed by atoms with van der Waals surface area (Å²) in [6.07, 6.45) is 31.7. The fraction of sp³-hybridized carbons (Fsp3) is 0.500. The van der Waals surface area contributed by atoms with Gasteiger partial charge in [-0.25, -0.2) is 0 Å². The summed E-state index contributed by atoms with van der Waals surface area (Å²) < 4.78 is 10.5. The molecule has 1 atom stereocenters. The molecule has 0 unspecified atom stereocenters. The number of allylic oxidation sites excluding steroid dienone is 18. The maximum Gasteiger partial charge on any atom is 0.323 e. The van der Waals surface area contributed by atoms with E-state index in [-0.39, 0.29) is 30.5 Å². The Labute approximate surface area is 297 Å². The molecule has 5 heteroatoms. The summed E-state index contributed by atoms with van der Waals surface area (Å²) in [4.78, 5) is 24.6. The van der Waals surface area contributed by atoms with Crippen LogP contribution < -0.4 is 5.73 Å². The fourth-order valence-corrected chi connectivity index (χ4v) is 6.35. The Morgan fingerprint density at radius 2 is 1.12 bits per heavy atom. The second kappa shape index (κ2) is 20.1. The third-order valence-corrected chi connectivity index (χ3v) is 9.52. The minimum atomic E-state index is -1.08. The average Bonchev–Trinajstić information content (AvgIpc) is 2.99. The summed E-state index contributed by atoms with van der Waals surface area (Å²) >= 11 is 0. The van der Waals surface area contributed by atoms with Crippen LogP contribution in [0, 0.1) is 10.8 Å². The Morgan fingerprint density at radius 1 is 0.694 bits per heavy atom. The Bertz CT molecular complexity index is 1480. The van der Waals surface area contributed by atoms with E-state index in [1.807, 2.05) is 44.2 Å². The third kappa shape index (κ3) is 15.2. The van der Waals surface area contributed by atoms with Gasteiger partial charge in [-0.3, -0.25) is 9.59 Å². The highest BCUT2D eigenvalue weighted by atomic mass is 16.5. The number of carbonyl (C=O) groups excluding carboxylic acids is 2. The molecule has 2 aliphatic rings. The Morgan fingerprint density at radius 3 is 1.55 bits per heavy atom. The minimum Gasteiger partial charge on any atom is -0.461 e. The van der Waals surface area contributed by atoms with Crippen LogP contribution in [0.5, 0.6) is 0 Å². The molecule has 2 N–H and O–H groups in total. The van der Waals surface area contributed by atoms with E-state index in [2.05, 4.69) is 91.8 Å². The molecule has 2 aliphatic carbocycles. The van der Waals surface area contributed by atoms with E-state index in [1.165, 1.54) is 60.8 Å². The molecule has 0 aromatic carbocycles. The fourth-order valence-electron chi connectivity index (χ4n) is 6.35. The van der Waals surface area contributed by atoms with Crippen LogP contribution >= 0.6 is 0 Å². The van der Waals surface area contributed by atoms with E-state index >= 15 is 0 Å². The van der Waals surface area contributed by atoms with Gasteiger partial charge in [-0.05, 0) is 114 Å². The van der Waals surface area contributed by atoms with Crippen LogP contribution in [-0.2, 0) is 19.1 Å². The van der Waals surface area contributed by atoms with Crippen LogP contribution in [0.3, 0.4) is 0 Å². The monoisotopic (exact) mass is 669 g/mol. The van der Waals surface area contributed by atoms with Crippen molar-refractivity contribution in [3.8, 4) is 0 Å². The molecule has 0 spiro atoms. The van der Waals surface area contributed by atoms with Gasteiger partial charge in [-0.1, -0.05) is 122 Å². The lowest BCUT2D eigenvalue weighted by atomic mass is 9.72. The van der Waals surface area contributed by atoms with Gasteiger partial charge in [-0.15, -0.1) is 0 Å². The molecule has 0 aliphatic heterocycles. The molecule has 0 saturated carbocycles. The van der Waals surface area contributed by atoms with E-state index in [1.54, 1.807) is 6.08 Å². The first-order valence-electron chi connectivity index (χ1n) is 17.9. The number of hydrogen-bond donors (Lipinski definition) is 1. The number of hydrogen-bond acceptors (Lipinski definition) is 5. The molecule has 0 bridgehead atoms. The van der Waals surface area contributed by atoms with Crippen LogP contribution in [0.2, 0.25) is 0 Å². The molecule has 0 aromatic rings. The predicted octanol–water partition coefficient (Wildman–Crippen LogP) is 10.9.